The molecule has 0 aliphatic rings. The number of benzene rings is 1. The van der Waals surface area contributed by atoms with Gasteiger partial charge in [-0.15, -0.1) is 0 Å². The van der Waals surface area contributed by atoms with Crippen LogP contribution in [0.15, 0.2) is 18.2 Å². The monoisotopic (exact) mass is 370 g/mol. The van der Waals surface area contributed by atoms with E-state index in [-0.39, 0.29) is 18.5 Å². The first kappa shape index (κ1) is 22.1. The summed E-state index contributed by atoms with van der Waals surface area (Å²) in [6.45, 7) is 2.90. The SMILES string of the molecule is COc1cc(C#CCCCCCCC#CCOC(C)=O)ccc1OC(C)=O. The molecule has 0 bridgehead atoms. The van der Waals surface area contributed by atoms with Crippen LogP contribution in [0.1, 0.15) is 57.9 Å². The van der Waals surface area contributed by atoms with E-state index in [0.717, 1.165) is 44.1 Å². The third-order valence-corrected chi connectivity index (χ3v) is 3.48. The first-order valence-corrected chi connectivity index (χ1v) is 8.97. The second-order valence-electron chi connectivity index (χ2n) is 5.81. The van der Waals surface area contributed by atoms with Crippen LogP contribution in [0.2, 0.25) is 0 Å². The first-order chi connectivity index (χ1) is 13.0. The highest BCUT2D eigenvalue weighted by molar-refractivity contribution is 5.70. The quantitative estimate of drug-likeness (QED) is 0.301. The second kappa shape index (κ2) is 13.3. The minimum atomic E-state index is -0.387. The molecule has 0 radical (unpaired) electrons. The van der Waals surface area contributed by atoms with Crippen molar-refractivity contribution in [3.63, 3.8) is 0 Å². The third kappa shape index (κ3) is 10.6. The molecule has 5 nitrogen and oxygen atoms in total. The van der Waals surface area contributed by atoms with Crippen molar-refractivity contribution >= 4 is 11.9 Å². The van der Waals surface area contributed by atoms with Gasteiger partial charge in [-0.05, 0) is 31.0 Å². The topological polar surface area (TPSA) is 61.8 Å². The summed E-state index contributed by atoms with van der Waals surface area (Å²) in [6.07, 6.45) is 5.93. The van der Waals surface area contributed by atoms with Gasteiger partial charge < -0.3 is 14.2 Å². The molecule has 0 aliphatic heterocycles. The summed E-state index contributed by atoms with van der Waals surface area (Å²) in [7, 11) is 1.53. The van der Waals surface area contributed by atoms with Gasteiger partial charge >= 0.3 is 11.9 Å². The minimum absolute atomic E-state index is 0.178. The van der Waals surface area contributed by atoms with Crippen molar-refractivity contribution in [1.82, 2.24) is 0 Å². The van der Waals surface area contributed by atoms with Crippen LogP contribution in [-0.4, -0.2) is 25.7 Å². The van der Waals surface area contributed by atoms with Crippen molar-refractivity contribution in [1.29, 1.82) is 0 Å². The molecule has 5 heteroatoms. The van der Waals surface area contributed by atoms with Gasteiger partial charge in [0.1, 0.15) is 0 Å². The molecule has 0 aliphatic carbocycles. The third-order valence-electron chi connectivity index (χ3n) is 3.48. The van der Waals surface area contributed by atoms with Crippen molar-refractivity contribution in [3.8, 4) is 35.2 Å². The zero-order valence-corrected chi connectivity index (χ0v) is 16.2. The normalized spacial score (nSPS) is 9.30. The Kier molecular flexibility index (Phi) is 10.9. The van der Waals surface area contributed by atoms with Crippen LogP contribution in [-0.2, 0) is 14.3 Å². The standard InChI is InChI=1S/C22H26O5/c1-18(23)26-16-12-10-8-6-4-5-7-9-11-13-20-14-15-21(27-19(2)24)22(17-20)25-3/h14-15,17H,4-9,16H2,1-3H3. The smallest absolute Gasteiger partial charge is 0.308 e. The van der Waals surface area contributed by atoms with Gasteiger partial charge in [-0.3, -0.25) is 9.59 Å². The highest BCUT2D eigenvalue weighted by Crippen LogP contribution is 2.27. The molecule has 0 spiro atoms. The fourth-order valence-electron chi connectivity index (χ4n) is 2.21. The second-order valence-corrected chi connectivity index (χ2v) is 5.81. The lowest BCUT2D eigenvalue weighted by atomic mass is 10.1. The van der Waals surface area contributed by atoms with E-state index in [1.807, 2.05) is 6.07 Å². The summed E-state index contributed by atoms with van der Waals surface area (Å²) in [5.74, 6) is 12.3. The van der Waals surface area contributed by atoms with Crippen LogP contribution in [0.4, 0.5) is 0 Å². The maximum atomic E-state index is 11.0. The average molecular weight is 370 g/mol. The number of rotatable bonds is 8. The van der Waals surface area contributed by atoms with Crippen molar-refractivity contribution in [2.45, 2.75) is 52.4 Å². The van der Waals surface area contributed by atoms with Gasteiger partial charge in [0.05, 0.1) is 7.11 Å². The molecule has 0 amide bonds. The summed E-state index contributed by atoms with van der Waals surface area (Å²) in [4.78, 5) is 21.6. The van der Waals surface area contributed by atoms with E-state index in [0.29, 0.717) is 11.5 Å². The van der Waals surface area contributed by atoms with Crippen LogP contribution in [0, 0.1) is 23.7 Å². The maximum absolute atomic E-state index is 11.0. The van der Waals surface area contributed by atoms with Crippen LogP contribution in [0.25, 0.3) is 0 Å². The Balaban J connectivity index is 2.25. The van der Waals surface area contributed by atoms with E-state index in [1.54, 1.807) is 12.1 Å². The molecule has 0 fully saturated rings. The van der Waals surface area contributed by atoms with E-state index >= 15 is 0 Å². The van der Waals surface area contributed by atoms with Crippen molar-refractivity contribution in [2.75, 3.05) is 13.7 Å². The largest absolute Gasteiger partial charge is 0.493 e. The molecular weight excluding hydrogens is 344 g/mol. The number of hydrogen-bond acceptors (Lipinski definition) is 5. The Morgan fingerprint density at radius 3 is 2.22 bits per heavy atom. The molecule has 1 rings (SSSR count). The zero-order chi connectivity index (χ0) is 19.9. The predicted molar refractivity (Wildman–Crippen MR) is 103 cm³/mol. The van der Waals surface area contributed by atoms with Crippen LogP contribution in [0.3, 0.4) is 0 Å². The van der Waals surface area contributed by atoms with E-state index in [1.165, 1.54) is 21.0 Å². The Hall–Kier alpha value is -2.92. The summed E-state index contributed by atoms with van der Waals surface area (Å²) >= 11 is 0. The van der Waals surface area contributed by atoms with Crippen molar-refractivity contribution in [2.24, 2.45) is 0 Å². The lowest BCUT2D eigenvalue weighted by molar-refractivity contribution is -0.139. The molecule has 144 valence electrons. The predicted octanol–water partition coefficient (Wildman–Crippen LogP) is 3.88. The van der Waals surface area contributed by atoms with Crippen molar-refractivity contribution in [3.05, 3.63) is 23.8 Å². The van der Waals surface area contributed by atoms with Gasteiger partial charge in [0.25, 0.3) is 0 Å². The Bertz CT molecular complexity index is 743. The molecule has 0 aromatic heterocycles. The van der Waals surface area contributed by atoms with Crippen LogP contribution >= 0.6 is 0 Å². The highest BCUT2D eigenvalue weighted by Gasteiger charge is 2.06. The molecule has 1 aromatic rings. The summed E-state index contributed by atoms with van der Waals surface area (Å²) < 4.78 is 15.0. The molecular formula is C22H26O5. The van der Waals surface area contributed by atoms with Crippen LogP contribution in [0.5, 0.6) is 11.5 Å². The summed E-state index contributed by atoms with van der Waals surface area (Å²) in [6, 6.07) is 5.26. The number of ether oxygens (including phenoxy) is 3. The lowest BCUT2D eigenvalue weighted by Gasteiger charge is -2.07. The average Bonchev–Trinajstić information content (AvgIpc) is 2.63. The van der Waals surface area contributed by atoms with Gasteiger partial charge in [0.2, 0.25) is 0 Å². The molecule has 0 atom stereocenters. The lowest BCUT2D eigenvalue weighted by Crippen LogP contribution is -2.03. The molecule has 0 saturated carbocycles. The molecule has 0 unspecified atom stereocenters. The number of methoxy groups -OCH3 is 1. The fraction of sp³-hybridized carbons (Fsp3) is 0.455. The van der Waals surface area contributed by atoms with Gasteiger partial charge in [-0.2, -0.15) is 0 Å². The minimum Gasteiger partial charge on any atom is -0.493 e. The van der Waals surface area contributed by atoms with Crippen molar-refractivity contribution < 1.29 is 23.8 Å². The highest BCUT2D eigenvalue weighted by atomic mass is 16.6. The number of esters is 2. The molecule has 0 N–H and O–H groups in total. The molecule has 0 saturated heterocycles. The van der Waals surface area contributed by atoms with Gasteiger partial charge in [0, 0.05) is 32.3 Å². The number of unbranched alkanes of at least 4 members (excludes halogenated alkanes) is 5. The summed E-state index contributed by atoms with van der Waals surface area (Å²) in [5, 5.41) is 0. The first-order valence-electron chi connectivity index (χ1n) is 8.97. The molecule has 27 heavy (non-hydrogen) atoms. The van der Waals surface area contributed by atoms with Gasteiger partial charge in [-0.1, -0.05) is 36.5 Å². The van der Waals surface area contributed by atoms with E-state index in [2.05, 4.69) is 23.7 Å². The Morgan fingerprint density at radius 1 is 0.889 bits per heavy atom. The van der Waals surface area contributed by atoms with Gasteiger partial charge in [-0.25, -0.2) is 0 Å². The fourth-order valence-corrected chi connectivity index (χ4v) is 2.21. The summed E-state index contributed by atoms with van der Waals surface area (Å²) in [5.41, 5.74) is 0.825. The Labute approximate surface area is 161 Å². The number of carbonyl (C=O) groups excluding carboxylic acids is 2. The molecule has 1 aromatic carbocycles. The zero-order valence-electron chi connectivity index (χ0n) is 16.2. The van der Waals surface area contributed by atoms with Gasteiger partial charge in [0.15, 0.2) is 18.1 Å². The molecule has 0 heterocycles. The Morgan fingerprint density at radius 2 is 1.59 bits per heavy atom. The van der Waals surface area contributed by atoms with Crippen LogP contribution < -0.4 is 9.47 Å². The van der Waals surface area contributed by atoms with E-state index in [9.17, 15) is 9.59 Å². The number of carbonyl (C=O) groups is 2. The number of hydrogen-bond donors (Lipinski definition) is 0. The maximum Gasteiger partial charge on any atom is 0.308 e. The van der Waals surface area contributed by atoms with E-state index < -0.39 is 0 Å². The van der Waals surface area contributed by atoms with E-state index in [4.69, 9.17) is 14.2 Å².